The Labute approximate surface area is 133 Å². The standard InChI is InChI=1S/C17H15ClO4/c1-11-3-2-4-12(5-11)17(19)21-9-14-7-15(18)6-13-8-20-10-22-16(13)14/h2-7H,8-10H2,1H3. The van der Waals surface area contributed by atoms with E-state index in [1.165, 1.54) is 0 Å². The van der Waals surface area contributed by atoms with Crippen molar-refractivity contribution in [3.63, 3.8) is 0 Å². The zero-order valence-electron chi connectivity index (χ0n) is 12.1. The Hall–Kier alpha value is -2.04. The minimum Gasteiger partial charge on any atom is -0.467 e. The molecule has 2 aromatic carbocycles. The van der Waals surface area contributed by atoms with Gasteiger partial charge in [-0.15, -0.1) is 0 Å². The van der Waals surface area contributed by atoms with E-state index in [2.05, 4.69) is 0 Å². The predicted molar refractivity (Wildman–Crippen MR) is 82.0 cm³/mol. The third-order valence-corrected chi connectivity index (χ3v) is 3.58. The Bertz CT molecular complexity index is 712. The first-order valence-electron chi connectivity index (χ1n) is 6.89. The van der Waals surface area contributed by atoms with Crippen LogP contribution in [-0.2, 0) is 22.7 Å². The van der Waals surface area contributed by atoms with E-state index in [0.717, 1.165) is 16.7 Å². The van der Waals surface area contributed by atoms with Crippen molar-refractivity contribution in [2.75, 3.05) is 6.79 Å². The molecule has 0 atom stereocenters. The van der Waals surface area contributed by atoms with Crippen LogP contribution in [0.2, 0.25) is 5.02 Å². The van der Waals surface area contributed by atoms with Gasteiger partial charge in [-0.3, -0.25) is 0 Å². The molecular formula is C17H15ClO4. The van der Waals surface area contributed by atoms with Crippen molar-refractivity contribution in [3.8, 4) is 5.75 Å². The normalized spacial score (nSPS) is 13.2. The Balaban J connectivity index is 1.76. The molecule has 0 aromatic heterocycles. The van der Waals surface area contributed by atoms with Crippen LogP contribution in [0.25, 0.3) is 0 Å². The van der Waals surface area contributed by atoms with Gasteiger partial charge in [-0.1, -0.05) is 29.3 Å². The number of fused-ring (bicyclic) bond motifs is 1. The van der Waals surface area contributed by atoms with Crippen LogP contribution < -0.4 is 4.74 Å². The van der Waals surface area contributed by atoms with Crippen LogP contribution in [0.5, 0.6) is 5.75 Å². The molecule has 1 heterocycles. The third kappa shape index (κ3) is 3.24. The molecule has 3 rings (SSSR count). The summed E-state index contributed by atoms with van der Waals surface area (Å²) in [6.45, 7) is 2.66. The molecule has 0 spiro atoms. The maximum absolute atomic E-state index is 12.1. The molecule has 114 valence electrons. The first-order valence-corrected chi connectivity index (χ1v) is 7.27. The second kappa shape index (κ2) is 6.38. The van der Waals surface area contributed by atoms with Crippen molar-refractivity contribution in [1.82, 2.24) is 0 Å². The first-order chi connectivity index (χ1) is 10.6. The molecule has 0 fully saturated rings. The Kier molecular flexibility index (Phi) is 4.32. The van der Waals surface area contributed by atoms with E-state index >= 15 is 0 Å². The van der Waals surface area contributed by atoms with Crippen LogP contribution in [0.4, 0.5) is 0 Å². The van der Waals surface area contributed by atoms with E-state index in [4.69, 9.17) is 25.8 Å². The van der Waals surface area contributed by atoms with Crippen LogP contribution in [0.1, 0.15) is 27.0 Å². The van der Waals surface area contributed by atoms with Crippen LogP contribution >= 0.6 is 11.6 Å². The highest BCUT2D eigenvalue weighted by Gasteiger charge is 2.18. The maximum atomic E-state index is 12.1. The number of carbonyl (C=O) groups is 1. The highest BCUT2D eigenvalue weighted by atomic mass is 35.5. The van der Waals surface area contributed by atoms with Crippen LogP contribution in [0.15, 0.2) is 36.4 Å². The van der Waals surface area contributed by atoms with E-state index in [0.29, 0.717) is 22.9 Å². The quantitative estimate of drug-likeness (QED) is 0.806. The maximum Gasteiger partial charge on any atom is 0.338 e. The van der Waals surface area contributed by atoms with Gasteiger partial charge < -0.3 is 14.2 Å². The number of aryl methyl sites for hydroxylation is 1. The van der Waals surface area contributed by atoms with Gasteiger partial charge in [-0.05, 0) is 31.2 Å². The summed E-state index contributed by atoms with van der Waals surface area (Å²) in [5.41, 5.74) is 3.14. The number of hydrogen-bond donors (Lipinski definition) is 0. The Morgan fingerprint density at radius 1 is 1.32 bits per heavy atom. The van der Waals surface area contributed by atoms with E-state index < -0.39 is 0 Å². The average molecular weight is 319 g/mol. The Morgan fingerprint density at radius 3 is 3.00 bits per heavy atom. The number of benzene rings is 2. The number of rotatable bonds is 3. The molecule has 0 bridgehead atoms. The van der Waals surface area contributed by atoms with Crippen molar-refractivity contribution < 1.29 is 19.0 Å². The summed E-state index contributed by atoms with van der Waals surface area (Å²) in [4.78, 5) is 12.1. The molecule has 4 nitrogen and oxygen atoms in total. The third-order valence-electron chi connectivity index (χ3n) is 3.36. The molecule has 0 N–H and O–H groups in total. The van der Waals surface area contributed by atoms with Crippen molar-refractivity contribution in [1.29, 1.82) is 0 Å². The van der Waals surface area contributed by atoms with Crippen LogP contribution in [-0.4, -0.2) is 12.8 Å². The molecule has 2 aromatic rings. The minimum atomic E-state index is -0.371. The Morgan fingerprint density at radius 2 is 2.18 bits per heavy atom. The van der Waals surface area contributed by atoms with Gasteiger partial charge in [0, 0.05) is 16.1 Å². The number of ether oxygens (including phenoxy) is 3. The lowest BCUT2D eigenvalue weighted by Gasteiger charge is -2.21. The molecule has 1 aliphatic rings. The fourth-order valence-corrected chi connectivity index (χ4v) is 2.63. The van der Waals surface area contributed by atoms with Crippen molar-refractivity contribution in [3.05, 3.63) is 63.7 Å². The number of esters is 1. The average Bonchev–Trinajstić information content (AvgIpc) is 2.52. The molecule has 22 heavy (non-hydrogen) atoms. The molecule has 0 amide bonds. The van der Waals surface area contributed by atoms with Crippen molar-refractivity contribution >= 4 is 17.6 Å². The van der Waals surface area contributed by atoms with E-state index in [1.54, 1.807) is 24.3 Å². The summed E-state index contributed by atoms with van der Waals surface area (Å²) in [6, 6.07) is 10.8. The van der Waals surface area contributed by atoms with Gasteiger partial charge in [-0.25, -0.2) is 4.79 Å². The van der Waals surface area contributed by atoms with E-state index in [-0.39, 0.29) is 19.4 Å². The molecule has 0 saturated carbocycles. The van der Waals surface area contributed by atoms with Gasteiger partial charge in [0.25, 0.3) is 0 Å². The zero-order chi connectivity index (χ0) is 15.5. The van der Waals surface area contributed by atoms with Crippen LogP contribution in [0, 0.1) is 6.92 Å². The topological polar surface area (TPSA) is 44.8 Å². The summed E-state index contributed by atoms with van der Waals surface area (Å²) in [6.07, 6.45) is 0. The molecule has 0 radical (unpaired) electrons. The number of hydrogen-bond acceptors (Lipinski definition) is 4. The minimum absolute atomic E-state index is 0.107. The second-order valence-electron chi connectivity index (χ2n) is 5.11. The summed E-state index contributed by atoms with van der Waals surface area (Å²) >= 11 is 6.08. The van der Waals surface area contributed by atoms with Gasteiger partial charge in [0.15, 0.2) is 6.79 Å². The van der Waals surface area contributed by atoms with Gasteiger partial charge in [0.2, 0.25) is 0 Å². The summed E-state index contributed by atoms with van der Waals surface area (Å²) in [5.74, 6) is 0.317. The highest BCUT2D eigenvalue weighted by molar-refractivity contribution is 6.30. The zero-order valence-corrected chi connectivity index (χ0v) is 12.9. The monoisotopic (exact) mass is 318 g/mol. The van der Waals surface area contributed by atoms with Crippen LogP contribution in [0.3, 0.4) is 0 Å². The predicted octanol–water partition coefficient (Wildman–Crippen LogP) is 3.87. The lowest BCUT2D eigenvalue weighted by molar-refractivity contribution is -0.0180. The summed E-state index contributed by atoms with van der Waals surface area (Å²) in [7, 11) is 0. The first kappa shape index (κ1) is 14.9. The molecular weight excluding hydrogens is 304 g/mol. The molecule has 5 heteroatoms. The molecule has 1 aliphatic heterocycles. The highest BCUT2D eigenvalue weighted by Crippen LogP contribution is 2.32. The van der Waals surface area contributed by atoms with E-state index in [1.807, 2.05) is 19.1 Å². The van der Waals surface area contributed by atoms with Gasteiger partial charge in [0.1, 0.15) is 12.4 Å². The smallest absolute Gasteiger partial charge is 0.338 e. The van der Waals surface area contributed by atoms with Gasteiger partial charge in [-0.2, -0.15) is 0 Å². The second-order valence-corrected chi connectivity index (χ2v) is 5.55. The summed E-state index contributed by atoms with van der Waals surface area (Å²) < 4.78 is 16.1. The lowest BCUT2D eigenvalue weighted by Crippen LogP contribution is -2.14. The number of halogens is 1. The van der Waals surface area contributed by atoms with Gasteiger partial charge >= 0.3 is 5.97 Å². The van der Waals surface area contributed by atoms with Gasteiger partial charge in [0.05, 0.1) is 12.2 Å². The number of carbonyl (C=O) groups excluding carboxylic acids is 1. The SMILES string of the molecule is Cc1cccc(C(=O)OCc2cc(Cl)cc3c2OCOC3)c1. The fraction of sp³-hybridized carbons (Fsp3) is 0.235. The summed E-state index contributed by atoms with van der Waals surface area (Å²) in [5, 5.41) is 0.564. The molecule has 0 unspecified atom stereocenters. The largest absolute Gasteiger partial charge is 0.467 e. The van der Waals surface area contributed by atoms with Crippen molar-refractivity contribution in [2.45, 2.75) is 20.1 Å². The molecule has 0 aliphatic carbocycles. The molecule has 0 saturated heterocycles. The van der Waals surface area contributed by atoms with E-state index in [9.17, 15) is 4.79 Å². The fourth-order valence-electron chi connectivity index (χ4n) is 2.36. The van der Waals surface area contributed by atoms with Crippen molar-refractivity contribution in [2.24, 2.45) is 0 Å². The lowest BCUT2D eigenvalue weighted by atomic mass is 10.1.